The van der Waals surface area contributed by atoms with E-state index < -0.39 is 42.4 Å². The highest BCUT2D eigenvalue weighted by Gasteiger charge is 2.46. The molecule has 0 amide bonds. The monoisotopic (exact) mass is 359 g/mol. The molecular formula is C15H16F3N3O4. The zero-order valence-corrected chi connectivity index (χ0v) is 13.0. The Bertz CT molecular complexity index is 710. The lowest BCUT2D eigenvalue weighted by Crippen LogP contribution is -2.55. The van der Waals surface area contributed by atoms with E-state index in [0.717, 1.165) is 12.1 Å². The molecule has 3 N–H and O–H groups in total. The van der Waals surface area contributed by atoms with Crippen LogP contribution in [0.2, 0.25) is 0 Å². The SMILES string of the molecule is CC1O[C@H](c2ccn[nH]2)[C@H](Oc2cccc(C(F)(F)F)n2)[C@@H](O)[C@H]1O. The fraction of sp³-hybridized carbons (Fsp3) is 0.467. The number of H-pyrrole nitrogens is 1. The molecule has 0 radical (unpaired) electrons. The van der Waals surface area contributed by atoms with Crippen LogP contribution in [-0.2, 0) is 10.9 Å². The molecule has 3 heterocycles. The van der Waals surface area contributed by atoms with E-state index in [-0.39, 0.29) is 5.88 Å². The maximum Gasteiger partial charge on any atom is 0.433 e. The summed E-state index contributed by atoms with van der Waals surface area (Å²) in [5, 5.41) is 26.8. The van der Waals surface area contributed by atoms with Gasteiger partial charge in [0, 0.05) is 12.3 Å². The number of aliphatic hydroxyl groups is 2. The smallest absolute Gasteiger partial charge is 0.433 e. The third-order valence-corrected chi connectivity index (χ3v) is 3.93. The van der Waals surface area contributed by atoms with Gasteiger partial charge in [0.1, 0.15) is 24.0 Å². The largest absolute Gasteiger partial charge is 0.468 e. The number of nitrogens with one attached hydrogen (secondary N) is 1. The lowest BCUT2D eigenvalue weighted by molar-refractivity contribution is -0.214. The summed E-state index contributed by atoms with van der Waals surface area (Å²) < 4.78 is 49.5. The van der Waals surface area contributed by atoms with Gasteiger partial charge >= 0.3 is 6.18 Å². The van der Waals surface area contributed by atoms with Crippen LogP contribution in [0.25, 0.3) is 0 Å². The molecular weight excluding hydrogens is 343 g/mol. The molecule has 136 valence electrons. The average molecular weight is 359 g/mol. The second-order valence-corrected chi connectivity index (χ2v) is 5.70. The highest BCUT2D eigenvalue weighted by molar-refractivity contribution is 5.19. The Balaban J connectivity index is 1.89. The van der Waals surface area contributed by atoms with E-state index in [0.29, 0.717) is 5.69 Å². The number of nitrogens with zero attached hydrogens (tertiary/aromatic N) is 2. The molecule has 10 heteroatoms. The van der Waals surface area contributed by atoms with Gasteiger partial charge in [-0.3, -0.25) is 5.10 Å². The number of alkyl halides is 3. The van der Waals surface area contributed by atoms with Gasteiger partial charge in [-0.15, -0.1) is 0 Å². The van der Waals surface area contributed by atoms with Gasteiger partial charge in [0.05, 0.1) is 11.8 Å². The van der Waals surface area contributed by atoms with Crippen molar-refractivity contribution >= 4 is 0 Å². The molecule has 1 unspecified atom stereocenters. The molecule has 3 rings (SSSR count). The number of aromatic nitrogens is 3. The summed E-state index contributed by atoms with van der Waals surface area (Å²) in [6.07, 6.45) is -8.59. The average Bonchev–Trinajstić information content (AvgIpc) is 3.09. The van der Waals surface area contributed by atoms with Crippen LogP contribution in [0.5, 0.6) is 5.88 Å². The van der Waals surface area contributed by atoms with Gasteiger partial charge in [-0.05, 0) is 19.1 Å². The number of ether oxygens (including phenoxy) is 2. The van der Waals surface area contributed by atoms with Crippen molar-refractivity contribution < 1.29 is 32.9 Å². The van der Waals surface area contributed by atoms with E-state index in [2.05, 4.69) is 15.2 Å². The van der Waals surface area contributed by atoms with Crippen molar-refractivity contribution in [2.45, 2.75) is 43.6 Å². The third kappa shape index (κ3) is 3.60. The summed E-state index contributed by atoms with van der Waals surface area (Å²) >= 11 is 0. The summed E-state index contributed by atoms with van der Waals surface area (Å²) in [4.78, 5) is 3.41. The minimum absolute atomic E-state index is 0.339. The van der Waals surface area contributed by atoms with E-state index >= 15 is 0 Å². The van der Waals surface area contributed by atoms with Crippen molar-refractivity contribution in [1.82, 2.24) is 15.2 Å². The second kappa shape index (κ2) is 6.62. The van der Waals surface area contributed by atoms with Gasteiger partial charge < -0.3 is 19.7 Å². The van der Waals surface area contributed by atoms with Crippen molar-refractivity contribution in [1.29, 1.82) is 0 Å². The minimum atomic E-state index is -4.63. The number of hydrogen-bond acceptors (Lipinski definition) is 6. The predicted molar refractivity (Wildman–Crippen MR) is 77.5 cm³/mol. The molecule has 5 atom stereocenters. The molecule has 0 spiro atoms. The van der Waals surface area contributed by atoms with Gasteiger partial charge in [0.2, 0.25) is 5.88 Å². The van der Waals surface area contributed by atoms with Crippen LogP contribution in [0.4, 0.5) is 13.2 Å². The highest BCUT2D eigenvalue weighted by Crippen LogP contribution is 2.34. The Morgan fingerprint density at radius 3 is 2.60 bits per heavy atom. The highest BCUT2D eigenvalue weighted by atomic mass is 19.4. The summed E-state index contributed by atoms with van der Waals surface area (Å²) in [5.41, 5.74) is -0.669. The molecule has 2 aromatic rings. The van der Waals surface area contributed by atoms with Gasteiger partial charge in [0.15, 0.2) is 6.10 Å². The summed E-state index contributed by atoms with van der Waals surface area (Å²) in [7, 11) is 0. The number of pyridine rings is 1. The van der Waals surface area contributed by atoms with Crippen LogP contribution >= 0.6 is 0 Å². The lowest BCUT2D eigenvalue weighted by atomic mass is 9.94. The minimum Gasteiger partial charge on any atom is -0.468 e. The van der Waals surface area contributed by atoms with Gasteiger partial charge in [-0.2, -0.15) is 18.3 Å². The number of hydrogen-bond donors (Lipinski definition) is 3. The molecule has 1 fully saturated rings. The molecule has 1 saturated heterocycles. The summed E-state index contributed by atoms with van der Waals surface area (Å²) in [6, 6.07) is 4.77. The first-order valence-electron chi connectivity index (χ1n) is 7.49. The van der Waals surface area contributed by atoms with E-state index in [1.54, 1.807) is 13.0 Å². The quantitative estimate of drug-likeness (QED) is 0.767. The van der Waals surface area contributed by atoms with Gasteiger partial charge in [-0.25, -0.2) is 4.98 Å². The molecule has 0 saturated carbocycles. The standard InChI is InChI=1S/C15H16F3N3O4/c1-7-11(22)12(23)14(13(24-7)8-5-6-19-21-8)25-10-4-2-3-9(20-10)15(16,17)18/h2-7,11-14,22-23H,1H3,(H,19,21)/t7?,11-,12-,13+,14+/m0/s1. The molecule has 1 aliphatic heterocycles. The van der Waals surface area contributed by atoms with Crippen molar-refractivity contribution in [3.63, 3.8) is 0 Å². The summed E-state index contributed by atoms with van der Waals surface area (Å²) in [5.74, 6) is -0.339. The van der Waals surface area contributed by atoms with Crippen molar-refractivity contribution in [3.8, 4) is 5.88 Å². The van der Waals surface area contributed by atoms with E-state index in [9.17, 15) is 23.4 Å². The Morgan fingerprint density at radius 1 is 1.20 bits per heavy atom. The van der Waals surface area contributed by atoms with Crippen LogP contribution in [-0.4, -0.2) is 49.8 Å². The molecule has 2 aromatic heterocycles. The number of rotatable bonds is 3. The lowest BCUT2D eigenvalue weighted by Gasteiger charge is -2.40. The molecule has 0 aromatic carbocycles. The Labute approximate surface area is 140 Å². The topological polar surface area (TPSA) is 100 Å². The zero-order valence-electron chi connectivity index (χ0n) is 13.0. The van der Waals surface area contributed by atoms with Crippen molar-refractivity contribution in [3.05, 3.63) is 41.9 Å². The Kier molecular flexibility index (Phi) is 4.67. The number of halogens is 3. The molecule has 0 bridgehead atoms. The van der Waals surface area contributed by atoms with E-state index in [1.807, 2.05) is 0 Å². The summed E-state index contributed by atoms with van der Waals surface area (Å²) in [6.45, 7) is 1.57. The number of aromatic amines is 1. The number of aliphatic hydroxyl groups excluding tert-OH is 2. The molecule has 1 aliphatic rings. The van der Waals surface area contributed by atoms with Gasteiger partial charge in [0.25, 0.3) is 0 Å². The normalized spacial score (nSPS) is 30.2. The Morgan fingerprint density at radius 2 is 1.96 bits per heavy atom. The second-order valence-electron chi connectivity index (χ2n) is 5.70. The van der Waals surface area contributed by atoms with E-state index in [1.165, 1.54) is 12.3 Å². The van der Waals surface area contributed by atoms with Gasteiger partial charge in [-0.1, -0.05) is 6.07 Å². The van der Waals surface area contributed by atoms with Crippen LogP contribution in [0.1, 0.15) is 24.4 Å². The molecule has 0 aliphatic carbocycles. The zero-order chi connectivity index (χ0) is 18.2. The molecule has 7 nitrogen and oxygen atoms in total. The van der Waals surface area contributed by atoms with Crippen LogP contribution in [0.3, 0.4) is 0 Å². The van der Waals surface area contributed by atoms with E-state index in [4.69, 9.17) is 9.47 Å². The van der Waals surface area contributed by atoms with Crippen molar-refractivity contribution in [2.75, 3.05) is 0 Å². The van der Waals surface area contributed by atoms with Crippen molar-refractivity contribution in [2.24, 2.45) is 0 Å². The molecule has 25 heavy (non-hydrogen) atoms. The Hall–Kier alpha value is -2.17. The van der Waals surface area contributed by atoms with Crippen LogP contribution < -0.4 is 4.74 Å². The fourth-order valence-corrected chi connectivity index (χ4v) is 2.62. The first-order chi connectivity index (χ1) is 11.8. The maximum atomic E-state index is 12.8. The van der Waals surface area contributed by atoms with Crippen LogP contribution in [0, 0.1) is 0 Å². The maximum absolute atomic E-state index is 12.8. The first kappa shape index (κ1) is 17.6. The predicted octanol–water partition coefficient (Wildman–Crippen LogP) is 1.45. The third-order valence-electron chi connectivity index (χ3n) is 3.93. The first-order valence-corrected chi connectivity index (χ1v) is 7.49. The van der Waals surface area contributed by atoms with Crippen LogP contribution in [0.15, 0.2) is 30.5 Å². The fourth-order valence-electron chi connectivity index (χ4n) is 2.62.